The number of benzene rings is 1. The van der Waals surface area contributed by atoms with E-state index in [9.17, 15) is 5.11 Å². The number of hydrogen-bond donors (Lipinski definition) is 3. The predicted molar refractivity (Wildman–Crippen MR) is 79.1 cm³/mol. The second-order valence-electron chi connectivity index (χ2n) is 5.14. The van der Waals surface area contributed by atoms with Gasteiger partial charge in [0.25, 0.3) is 0 Å². The quantitative estimate of drug-likeness (QED) is 0.784. The molecule has 0 fully saturated rings. The minimum absolute atomic E-state index is 0.124. The second-order valence-corrected chi connectivity index (χ2v) is 6.26. The summed E-state index contributed by atoms with van der Waals surface area (Å²) in [6.45, 7) is 0. The molecule has 0 radical (unpaired) electrons. The third kappa shape index (κ3) is 2.10. The van der Waals surface area contributed by atoms with Gasteiger partial charge in [0.1, 0.15) is 0 Å². The van der Waals surface area contributed by atoms with Crippen molar-refractivity contribution in [2.75, 3.05) is 12.8 Å². The molecule has 2 aromatic rings. The predicted octanol–water partition coefficient (Wildman–Crippen LogP) is 1.78. The number of methoxy groups -OCH3 is 1. The Morgan fingerprint density at radius 1 is 1.45 bits per heavy atom. The Labute approximate surface area is 121 Å². The van der Waals surface area contributed by atoms with Gasteiger partial charge >= 0.3 is 0 Å². The van der Waals surface area contributed by atoms with E-state index in [2.05, 4.69) is 4.98 Å². The van der Waals surface area contributed by atoms with Gasteiger partial charge in [0.05, 0.1) is 12.8 Å². The summed E-state index contributed by atoms with van der Waals surface area (Å²) in [5.41, 5.74) is 13.9. The van der Waals surface area contributed by atoms with Gasteiger partial charge in [-0.15, -0.1) is 11.3 Å². The molecule has 20 heavy (non-hydrogen) atoms. The largest absolute Gasteiger partial charge is 0.504 e. The van der Waals surface area contributed by atoms with Crippen LogP contribution in [0.4, 0.5) is 5.13 Å². The van der Waals surface area contributed by atoms with Crippen molar-refractivity contribution in [2.24, 2.45) is 5.73 Å². The van der Waals surface area contributed by atoms with Crippen LogP contribution in [0.5, 0.6) is 11.5 Å². The van der Waals surface area contributed by atoms with E-state index in [1.807, 2.05) is 12.1 Å². The monoisotopic (exact) mass is 291 g/mol. The van der Waals surface area contributed by atoms with E-state index in [1.165, 1.54) is 18.4 Å². The zero-order chi connectivity index (χ0) is 14.3. The molecule has 0 bridgehead atoms. The van der Waals surface area contributed by atoms with E-state index >= 15 is 0 Å². The van der Waals surface area contributed by atoms with Crippen molar-refractivity contribution in [3.05, 3.63) is 34.3 Å². The Morgan fingerprint density at radius 2 is 2.25 bits per heavy atom. The maximum absolute atomic E-state index is 9.69. The number of anilines is 1. The summed E-state index contributed by atoms with van der Waals surface area (Å²) in [6.07, 6.45) is 2.34. The maximum atomic E-state index is 9.69. The minimum Gasteiger partial charge on any atom is -0.504 e. The molecule has 0 aliphatic heterocycles. The van der Waals surface area contributed by atoms with Crippen molar-refractivity contribution in [1.82, 2.24) is 4.98 Å². The lowest BCUT2D eigenvalue weighted by molar-refractivity contribution is 0.361. The summed E-state index contributed by atoms with van der Waals surface area (Å²) < 4.78 is 5.16. The lowest BCUT2D eigenvalue weighted by atomic mass is 9.78. The maximum Gasteiger partial charge on any atom is 0.180 e. The van der Waals surface area contributed by atoms with Gasteiger partial charge in [0.2, 0.25) is 0 Å². The first-order valence-electron chi connectivity index (χ1n) is 6.42. The first-order valence-corrected chi connectivity index (χ1v) is 7.24. The smallest absolute Gasteiger partial charge is 0.180 e. The van der Waals surface area contributed by atoms with Crippen molar-refractivity contribution in [1.29, 1.82) is 0 Å². The van der Waals surface area contributed by atoms with Gasteiger partial charge in [-0.1, -0.05) is 6.07 Å². The third-order valence-corrected chi connectivity index (χ3v) is 4.76. The number of thiazole rings is 1. The summed E-state index contributed by atoms with van der Waals surface area (Å²) >= 11 is 1.51. The molecule has 1 aromatic heterocycles. The molecule has 5 nitrogen and oxygen atoms in total. The zero-order valence-electron chi connectivity index (χ0n) is 11.2. The highest BCUT2D eigenvalue weighted by Gasteiger charge is 2.34. The molecule has 0 saturated heterocycles. The van der Waals surface area contributed by atoms with Gasteiger partial charge in [0, 0.05) is 16.8 Å². The Balaban J connectivity index is 1.97. The van der Waals surface area contributed by atoms with Crippen molar-refractivity contribution in [3.63, 3.8) is 0 Å². The lowest BCUT2D eigenvalue weighted by Crippen LogP contribution is -2.41. The van der Waals surface area contributed by atoms with Crippen LogP contribution in [0.25, 0.3) is 0 Å². The molecular weight excluding hydrogens is 274 g/mol. The Bertz CT molecular complexity index is 656. The van der Waals surface area contributed by atoms with E-state index in [1.54, 1.807) is 6.07 Å². The molecule has 3 rings (SSSR count). The Kier molecular flexibility index (Phi) is 3.07. The number of hydrogen-bond acceptors (Lipinski definition) is 6. The van der Waals surface area contributed by atoms with Crippen LogP contribution in [-0.4, -0.2) is 17.2 Å². The zero-order valence-corrected chi connectivity index (χ0v) is 12.0. The SMILES string of the molecule is COc1cc(C2(N)CCc3nc(N)sc3C2)ccc1O. The molecule has 1 aliphatic rings. The van der Waals surface area contributed by atoms with Crippen LogP contribution in [0.2, 0.25) is 0 Å². The van der Waals surface area contributed by atoms with Crippen LogP contribution in [0.1, 0.15) is 22.6 Å². The number of ether oxygens (including phenoxy) is 1. The molecule has 0 spiro atoms. The van der Waals surface area contributed by atoms with Crippen molar-refractivity contribution in [3.8, 4) is 11.5 Å². The van der Waals surface area contributed by atoms with E-state index in [0.29, 0.717) is 17.3 Å². The van der Waals surface area contributed by atoms with E-state index in [4.69, 9.17) is 16.2 Å². The third-order valence-electron chi connectivity index (χ3n) is 3.83. The fourth-order valence-electron chi connectivity index (χ4n) is 2.69. The fraction of sp³-hybridized carbons (Fsp3) is 0.357. The fourth-order valence-corrected chi connectivity index (χ4v) is 3.69. The van der Waals surface area contributed by atoms with Gasteiger partial charge in [-0.25, -0.2) is 4.98 Å². The van der Waals surface area contributed by atoms with Gasteiger partial charge in [-0.05, 0) is 30.5 Å². The number of nitrogens with two attached hydrogens (primary N) is 2. The summed E-state index contributed by atoms with van der Waals surface area (Å²) in [6, 6.07) is 5.29. The molecule has 1 aliphatic carbocycles. The number of aromatic nitrogens is 1. The van der Waals surface area contributed by atoms with Crippen LogP contribution in [0.3, 0.4) is 0 Å². The Morgan fingerprint density at radius 3 is 3.00 bits per heavy atom. The van der Waals surface area contributed by atoms with Crippen LogP contribution in [0.15, 0.2) is 18.2 Å². The van der Waals surface area contributed by atoms with E-state index in [0.717, 1.165) is 29.0 Å². The van der Waals surface area contributed by atoms with Crippen molar-refractivity contribution >= 4 is 16.5 Å². The number of nitrogens with zero attached hydrogens (tertiary/aromatic N) is 1. The van der Waals surface area contributed by atoms with Crippen LogP contribution >= 0.6 is 11.3 Å². The van der Waals surface area contributed by atoms with Gasteiger partial charge < -0.3 is 21.3 Å². The molecule has 0 saturated carbocycles. The highest BCUT2D eigenvalue weighted by Crippen LogP contribution is 2.39. The van der Waals surface area contributed by atoms with Crippen LogP contribution < -0.4 is 16.2 Å². The highest BCUT2D eigenvalue weighted by molar-refractivity contribution is 7.15. The van der Waals surface area contributed by atoms with Crippen LogP contribution in [-0.2, 0) is 18.4 Å². The summed E-state index contributed by atoms with van der Waals surface area (Å²) in [7, 11) is 1.53. The first kappa shape index (κ1) is 13.2. The standard InChI is InChI=1S/C14H17N3O2S/c1-19-11-6-8(2-3-10(11)18)14(16)5-4-9-12(7-14)20-13(15)17-9/h2-3,6,18H,4-5,7,16H2,1H3,(H2,15,17). The number of fused-ring (bicyclic) bond motifs is 1. The van der Waals surface area contributed by atoms with Gasteiger partial charge in [0.15, 0.2) is 16.6 Å². The molecular formula is C14H17N3O2S. The van der Waals surface area contributed by atoms with E-state index < -0.39 is 5.54 Å². The number of nitrogen functional groups attached to an aromatic ring is 1. The van der Waals surface area contributed by atoms with E-state index in [-0.39, 0.29) is 5.75 Å². The van der Waals surface area contributed by atoms with Crippen molar-refractivity contribution in [2.45, 2.75) is 24.8 Å². The Hall–Kier alpha value is -1.79. The number of rotatable bonds is 2. The van der Waals surface area contributed by atoms with Crippen molar-refractivity contribution < 1.29 is 9.84 Å². The summed E-state index contributed by atoms with van der Waals surface area (Å²) in [4.78, 5) is 5.49. The lowest BCUT2D eigenvalue weighted by Gasteiger charge is -2.33. The molecule has 1 aromatic carbocycles. The second kappa shape index (κ2) is 4.64. The number of aryl methyl sites for hydroxylation is 1. The molecule has 1 unspecified atom stereocenters. The first-order chi connectivity index (χ1) is 9.51. The topological polar surface area (TPSA) is 94.4 Å². The molecule has 106 valence electrons. The molecule has 5 N–H and O–H groups in total. The van der Waals surface area contributed by atoms with Crippen LogP contribution in [0, 0.1) is 0 Å². The normalized spacial score (nSPS) is 21.5. The number of phenolic OH excluding ortho intramolecular Hbond substituents is 1. The average Bonchev–Trinajstić information content (AvgIpc) is 2.78. The summed E-state index contributed by atoms with van der Waals surface area (Å²) in [5.74, 6) is 0.570. The minimum atomic E-state index is -0.465. The number of phenols is 1. The highest BCUT2D eigenvalue weighted by atomic mass is 32.1. The molecule has 1 atom stereocenters. The van der Waals surface area contributed by atoms with Gasteiger partial charge in [-0.3, -0.25) is 0 Å². The molecule has 0 amide bonds. The molecule has 1 heterocycles. The van der Waals surface area contributed by atoms with Gasteiger partial charge in [-0.2, -0.15) is 0 Å². The molecule has 6 heteroatoms. The number of aromatic hydroxyl groups is 1. The summed E-state index contributed by atoms with van der Waals surface area (Å²) in [5, 5.41) is 10.3. The average molecular weight is 291 g/mol.